The Morgan fingerprint density at radius 2 is 2.18 bits per heavy atom. The summed E-state index contributed by atoms with van der Waals surface area (Å²) in [6.07, 6.45) is 2.59. The zero-order chi connectivity index (χ0) is 8.48. The fourth-order valence-corrected chi connectivity index (χ4v) is 1.67. The van der Waals surface area contributed by atoms with Gasteiger partial charge in [0.15, 0.2) is 0 Å². The van der Waals surface area contributed by atoms with Crippen LogP contribution in [0.5, 0.6) is 0 Å². The normalized spacial score (nSPS) is 38.5. The Labute approximate surface area is 67.2 Å². The summed E-state index contributed by atoms with van der Waals surface area (Å²) >= 11 is 0. The monoisotopic (exact) mass is 158 g/mol. The first-order valence-electron chi connectivity index (χ1n) is 4.16. The van der Waals surface area contributed by atoms with Gasteiger partial charge in [-0.15, -0.1) is 0 Å². The summed E-state index contributed by atoms with van der Waals surface area (Å²) in [6, 6.07) is 0.279. The Balaban J connectivity index is 2.72. The maximum absolute atomic E-state index is 10.9. The number of amides is 1. The molecule has 1 saturated heterocycles. The van der Waals surface area contributed by atoms with Crippen LogP contribution in [-0.4, -0.2) is 35.3 Å². The molecule has 0 aliphatic carbocycles. The van der Waals surface area contributed by atoms with E-state index in [2.05, 4.69) is 0 Å². The van der Waals surface area contributed by atoms with Gasteiger partial charge in [0.25, 0.3) is 0 Å². The average Bonchev–Trinajstić information content (AvgIpc) is 1.95. The maximum atomic E-state index is 10.9. The standard InChI is InChI=1S/C8H15NO2/c1-7-5-3-4-6-9(7,2)8(10)11/h7H,3-6H2,1-2H3/p+1. The highest BCUT2D eigenvalue weighted by Crippen LogP contribution is 2.23. The molecule has 1 amide bonds. The van der Waals surface area contributed by atoms with Crippen LogP contribution in [0.25, 0.3) is 0 Å². The molecule has 1 N–H and O–H groups in total. The highest BCUT2D eigenvalue weighted by atomic mass is 16.4. The third-order valence-corrected chi connectivity index (χ3v) is 2.90. The molecule has 3 heteroatoms. The van der Waals surface area contributed by atoms with E-state index in [1.807, 2.05) is 14.0 Å². The van der Waals surface area contributed by atoms with Crippen LogP contribution in [0.1, 0.15) is 26.2 Å². The number of likely N-dealkylation sites (tertiary alicyclic amines) is 1. The lowest BCUT2D eigenvalue weighted by Gasteiger charge is -2.37. The molecule has 0 bridgehead atoms. The SMILES string of the molecule is CC1CCCC[N+]1(C)C(=O)O. The van der Waals surface area contributed by atoms with Crippen molar-refractivity contribution in [2.75, 3.05) is 13.6 Å². The van der Waals surface area contributed by atoms with E-state index in [0.29, 0.717) is 0 Å². The van der Waals surface area contributed by atoms with Gasteiger partial charge in [-0.3, -0.25) is 0 Å². The molecule has 1 fully saturated rings. The van der Waals surface area contributed by atoms with Crippen LogP contribution in [0.3, 0.4) is 0 Å². The molecule has 2 unspecified atom stereocenters. The van der Waals surface area contributed by atoms with Crippen molar-refractivity contribution in [2.45, 2.75) is 32.2 Å². The van der Waals surface area contributed by atoms with E-state index >= 15 is 0 Å². The first-order valence-corrected chi connectivity index (χ1v) is 4.16. The van der Waals surface area contributed by atoms with Gasteiger partial charge in [-0.1, -0.05) is 0 Å². The van der Waals surface area contributed by atoms with Gasteiger partial charge in [0, 0.05) is 0 Å². The zero-order valence-corrected chi connectivity index (χ0v) is 7.21. The molecule has 0 aromatic carbocycles. The number of hydrogen-bond acceptors (Lipinski definition) is 1. The molecule has 1 aliphatic heterocycles. The minimum absolute atomic E-state index is 0.208. The molecule has 0 saturated carbocycles. The molecule has 1 heterocycles. The number of piperidine rings is 1. The highest BCUT2D eigenvalue weighted by molar-refractivity contribution is 5.56. The van der Waals surface area contributed by atoms with Crippen molar-refractivity contribution in [2.24, 2.45) is 0 Å². The molecule has 0 spiro atoms. The molecule has 0 aromatic heterocycles. The third-order valence-electron chi connectivity index (χ3n) is 2.90. The number of carbonyl (C=O) groups is 1. The molecule has 64 valence electrons. The van der Waals surface area contributed by atoms with Gasteiger partial charge < -0.3 is 5.11 Å². The predicted molar refractivity (Wildman–Crippen MR) is 42.4 cm³/mol. The van der Waals surface area contributed by atoms with Crippen molar-refractivity contribution < 1.29 is 14.4 Å². The van der Waals surface area contributed by atoms with Gasteiger partial charge in [-0.2, -0.15) is 4.79 Å². The summed E-state index contributed by atoms with van der Waals surface area (Å²) in [5.41, 5.74) is 0. The maximum Gasteiger partial charge on any atom is 0.513 e. The topological polar surface area (TPSA) is 37.3 Å². The Kier molecular flexibility index (Phi) is 2.18. The van der Waals surface area contributed by atoms with Gasteiger partial charge in [0.05, 0.1) is 19.6 Å². The second-order valence-electron chi connectivity index (χ2n) is 3.62. The minimum Gasteiger partial charge on any atom is -0.435 e. The summed E-state index contributed by atoms with van der Waals surface area (Å²) in [7, 11) is 1.81. The van der Waals surface area contributed by atoms with Crippen LogP contribution in [-0.2, 0) is 0 Å². The Morgan fingerprint density at radius 1 is 1.55 bits per heavy atom. The Bertz CT molecular complexity index is 169. The Morgan fingerprint density at radius 3 is 2.55 bits per heavy atom. The largest absolute Gasteiger partial charge is 0.513 e. The van der Waals surface area contributed by atoms with Gasteiger partial charge >= 0.3 is 6.09 Å². The summed E-state index contributed by atoms with van der Waals surface area (Å²) < 4.78 is 0.208. The number of hydrogen-bond donors (Lipinski definition) is 1. The summed E-state index contributed by atoms with van der Waals surface area (Å²) in [5, 5.41) is 8.94. The number of carboxylic acid groups (broad SMARTS) is 1. The van der Waals surface area contributed by atoms with Gasteiger partial charge in [0.1, 0.15) is 0 Å². The molecule has 1 aliphatic rings. The van der Waals surface area contributed by atoms with Crippen LogP contribution in [0.15, 0.2) is 0 Å². The van der Waals surface area contributed by atoms with Crippen LogP contribution >= 0.6 is 0 Å². The predicted octanol–water partition coefficient (Wildman–Crippen LogP) is 1.68. The van der Waals surface area contributed by atoms with Crippen LogP contribution in [0, 0.1) is 0 Å². The number of quaternary nitrogens is 1. The molecule has 3 nitrogen and oxygen atoms in total. The lowest BCUT2D eigenvalue weighted by atomic mass is 10.0. The summed E-state index contributed by atoms with van der Waals surface area (Å²) in [4.78, 5) is 10.9. The van der Waals surface area contributed by atoms with E-state index in [1.165, 1.54) is 6.42 Å². The van der Waals surface area contributed by atoms with E-state index in [4.69, 9.17) is 5.11 Å². The summed E-state index contributed by atoms with van der Waals surface area (Å²) in [5.74, 6) is 0. The van der Waals surface area contributed by atoms with E-state index in [9.17, 15) is 4.79 Å². The molecule has 1 rings (SSSR count). The van der Waals surface area contributed by atoms with E-state index < -0.39 is 6.09 Å². The second-order valence-corrected chi connectivity index (χ2v) is 3.62. The van der Waals surface area contributed by atoms with Gasteiger partial charge in [-0.05, 0) is 26.2 Å². The molecule has 0 radical (unpaired) electrons. The number of rotatable bonds is 0. The number of nitrogens with zero attached hydrogens (tertiary/aromatic N) is 1. The van der Waals surface area contributed by atoms with Crippen LogP contribution < -0.4 is 0 Å². The van der Waals surface area contributed by atoms with Crippen molar-refractivity contribution >= 4 is 6.09 Å². The van der Waals surface area contributed by atoms with E-state index in [-0.39, 0.29) is 10.5 Å². The van der Waals surface area contributed by atoms with Crippen molar-refractivity contribution in [3.05, 3.63) is 0 Å². The smallest absolute Gasteiger partial charge is 0.435 e. The molecule has 2 atom stereocenters. The first kappa shape index (κ1) is 8.53. The fourth-order valence-electron chi connectivity index (χ4n) is 1.67. The van der Waals surface area contributed by atoms with Crippen LogP contribution in [0.2, 0.25) is 0 Å². The summed E-state index contributed by atoms with van der Waals surface area (Å²) in [6.45, 7) is 2.81. The third kappa shape index (κ3) is 1.38. The highest BCUT2D eigenvalue weighted by Gasteiger charge is 2.39. The lowest BCUT2D eigenvalue weighted by molar-refractivity contribution is -0.866. The fraction of sp³-hybridized carbons (Fsp3) is 0.875. The lowest BCUT2D eigenvalue weighted by Crippen LogP contribution is -2.57. The van der Waals surface area contributed by atoms with Crippen molar-refractivity contribution in [1.29, 1.82) is 0 Å². The van der Waals surface area contributed by atoms with Crippen molar-refractivity contribution in [3.63, 3.8) is 0 Å². The van der Waals surface area contributed by atoms with Crippen molar-refractivity contribution in [3.8, 4) is 0 Å². The van der Waals surface area contributed by atoms with E-state index in [1.54, 1.807) is 0 Å². The molecule has 0 aromatic rings. The van der Waals surface area contributed by atoms with Gasteiger partial charge in [-0.25, -0.2) is 4.48 Å². The van der Waals surface area contributed by atoms with Crippen molar-refractivity contribution in [1.82, 2.24) is 0 Å². The zero-order valence-electron chi connectivity index (χ0n) is 7.21. The molecular weight excluding hydrogens is 142 g/mol. The van der Waals surface area contributed by atoms with Crippen LogP contribution in [0.4, 0.5) is 4.79 Å². The quantitative estimate of drug-likeness (QED) is 0.545. The van der Waals surface area contributed by atoms with E-state index in [0.717, 1.165) is 19.4 Å². The van der Waals surface area contributed by atoms with Gasteiger partial charge in [0.2, 0.25) is 0 Å². The first-order chi connectivity index (χ1) is 5.07. The molecular formula is C8H16NO2+. The second kappa shape index (κ2) is 2.81. The molecule has 11 heavy (non-hydrogen) atoms. The average molecular weight is 158 g/mol. The Hall–Kier alpha value is -0.570. The minimum atomic E-state index is -0.683.